The topological polar surface area (TPSA) is 147 Å². The van der Waals surface area contributed by atoms with E-state index in [1.54, 1.807) is 6.92 Å². The summed E-state index contributed by atoms with van der Waals surface area (Å²) in [5, 5.41) is 12.3. The van der Waals surface area contributed by atoms with Gasteiger partial charge in [-0.15, -0.1) is 0 Å². The van der Waals surface area contributed by atoms with E-state index in [4.69, 9.17) is 14.9 Å². The number of anilines is 1. The van der Waals surface area contributed by atoms with Gasteiger partial charge in [0, 0.05) is 18.3 Å². The average Bonchev–Trinajstić information content (AvgIpc) is 3.11. The van der Waals surface area contributed by atoms with Crippen LogP contribution in [0.1, 0.15) is 23.0 Å². The van der Waals surface area contributed by atoms with Gasteiger partial charge in [-0.25, -0.2) is 27.1 Å². The Morgan fingerprint density at radius 2 is 2.16 bits per heavy atom. The molecule has 2 aliphatic rings. The second-order valence-electron chi connectivity index (χ2n) is 7.49. The lowest BCUT2D eigenvalue weighted by molar-refractivity contribution is 0.102. The summed E-state index contributed by atoms with van der Waals surface area (Å²) >= 11 is 0. The first-order chi connectivity index (χ1) is 15.1. The number of halogens is 1. The summed E-state index contributed by atoms with van der Waals surface area (Å²) in [6.07, 6.45) is 1.76. The third-order valence-electron chi connectivity index (χ3n) is 5.62. The highest BCUT2D eigenvalue weighted by molar-refractivity contribution is 7.90. The lowest BCUT2D eigenvalue weighted by Crippen LogP contribution is -2.68. The van der Waals surface area contributed by atoms with Gasteiger partial charge in [0.05, 0.1) is 32.2 Å². The molecule has 0 unspecified atom stereocenters. The number of nitrogens with zero attached hydrogens (tertiary/aromatic N) is 3. The first-order valence-electron chi connectivity index (χ1n) is 9.53. The minimum Gasteiger partial charge on any atom is -0.480 e. The number of ether oxygens (including phenoxy) is 2. The Morgan fingerprint density at radius 3 is 2.81 bits per heavy atom. The number of nitrogens with one attached hydrogen (secondary N) is 3. The van der Waals surface area contributed by atoms with Gasteiger partial charge in [0.2, 0.25) is 21.9 Å². The van der Waals surface area contributed by atoms with Crippen molar-refractivity contribution in [2.24, 2.45) is 0 Å². The van der Waals surface area contributed by atoms with Crippen LogP contribution in [0.4, 0.5) is 10.1 Å². The maximum atomic E-state index is 15.0. The molecule has 4 rings (SSSR count). The largest absolute Gasteiger partial charge is 0.480 e. The number of guanidine groups is 1. The van der Waals surface area contributed by atoms with Gasteiger partial charge in [-0.2, -0.15) is 0 Å². The van der Waals surface area contributed by atoms with Crippen molar-refractivity contribution in [1.82, 2.24) is 19.6 Å². The van der Waals surface area contributed by atoms with E-state index in [2.05, 4.69) is 20.6 Å². The quantitative estimate of drug-likeness (QED) is 0.598. The zero-order valence-electron chi connectivity index (χ0n) is 17.4. The van der Waals surface area contributed by atoms with Gasteiger partial charge in [0.25, 0.3) is 5.91 Å². The zero-order valence-corrected chi connectivity index (χ0v) is 18.2. The summed E-state index contributed by atoms with van der Waals surface area (Å²) < 4.78 is 52.4. The smallest absolute Gasteiger partial charge is 0.275 e. The zero-order chi connectivity index (χ0) is 23.3. The van der Waals surface area contributed by atoms with Gasteiger partial charge in [-0.1, -0.05) is 0 Å². The van der Waals surface area contributed by atoms with E-state index in [1.165, 1.54) is 38.7 Å². The van der Waals surface area contributed by atoms with Crippen LogP contribution in [0, 0.1) is 11.2 Å². The molecule has 170 valence electrons. The fraction of sp³-hybridized carbons (Fsp3) is 0.368. The van der Waals surface area contributed by atoms with Crippen molar-refractivity contribution in [1.29, 1.82) is 5.41 Å². The van der Waals surface area contributed by atoms with Crippen molar-refractivity contribution >= 4 is 27.6 Å². The molecule has 0 aliphatic carbocycles. The molecule has 1 aromatic carbocycles. The highest BCUT2D eigenvalue weighted by Gasteiger charge is 2.61. The number of hydrogen-bond donors (Lipinski definition) is 3. The van der Waals surface area contributed by atoms with Crippen molar-refractivity contribution in [2.75, 3.05) is 26.1 Å². The Labute approximate surface area is 183 Å². The third-order valence-corrected chi connectivity index (χ3v) is 7.99. The summed E-state index contributed by atoms with van der Waals surface area (Å²) in [7, 11) is -1.34. The van der Waals surface area contributed by atoms with Crippen LogP contribution in [0.3, 0.4) is 0 Å². The van der Waals surface area contributed by atoms with E-state index in [1.807, 2.05) is 0 Å². The lowest BCUT2D eigenvalue weighted by Gasteiger charge is -2.44. The molecule has 3 atom stereocenters. The summed E-state index contributed by atoms with van der Waals surface area (Å²) in [4.78, 5) is 20.4. The molecule has 2 aromatic rings. The highest BCUT2D eigenvalue weighted by Crippen LogP contribution is 2.43. The Balaban J connectivity index is 1.72. The molecule has 13 heteroatoms. The molecular weight excluding hydrogens is 443 g/mol. The number of rotatable bonds is 4. The fourth-order valence-corrected chi connectivity index (χ4v) is 5.97. The number of amides is 1. The first-order valence-corrected chi connectivity index (χ1v) is 11.0. The molecule has 2 saturated heterocycles. The minimum absolute atomic E-state index is 0.00677. The van der Waals surface area contributed by atoms with Gasteiger partial charge in [0.1, 0.15) is 22.3 Å². The molecule has 1 amide bonds. The minimum atomic E-state index is -4.01. The second-order valence-corrected chi connectivity index (χ2v) is 9.57. The van der Waals surface area contributed by atoms with E-state index < -0.39 is 44.6 Å². The molecule has 32 heavy (non-hydrogen) atoms. The molecule has 0 saturated carbocycles. The number of sulfonamides is 1. The van der Waals surface area contributed by atoms with Crippen LogP contribution in [0.2, 0.25) is 0 Å². The lowest BCUT2D eigenvalue weighted by atomic mass is 9.86. The molecule has 3 N–H and O–H groups in total. The van der Waals surface area contributed by atoms with Gasteiger partial charge >= 0.3 is 0 Å². The predicted molar refractivity (Wildman–Crippen MR) is 111 cm³/mol. The van der Waals surface area contributed by atoms with E-state index >= 15 is 4.39 Å². The summed E-state index contributed by atoms with van der Waals surface area (Å²) in [5.74, 6) is -1.46. The van der Waals surface area contributed by atoms with Crippen LogP contribution in [-0.4, -0.2) is 66.7 Å². The molecule has 0 radical (unpaired) electrons. The van der Waals surface area contributed by atoms with Crippen LogP contribution in [0.15, 0.2) is 30.6 Å². The molecule has 0 bridgehead atoms. The Hall–Kier alpha value is -3.32. The van der Waals surface area contributed by atoms with Crippen molar-refractivity contribution in [3.05, 3.63) is 47.7 Å². The van der Waals surface area contributed by atoms with Gasteiger partial charge in [0.15, 0.2) is 0 Å². The van der Waals surface area contributed by atoms with E-state index in [0.717, 1.165) is 10.4 Å². The Kier molecular flexibility index (Phi) is 5.25. The van der Waals surface area contributed by atoms with Gasteiger partial charge in [-0.3, -0.25) is 10.2 Å². The number of benzene rings is 1. The van der Waals surface area contributed by atoms with E-state index in [-0.39, 0.29) is 29.4 Å². The van der Waals surface area contributed by atoms with Crippen molar-refractivity contribution in [2.45, 2.75) is 23.8 Å². The molecular formula is C19H21FN6O5S. The van der Waals surface area contributed by atoms with Crippen LogP contribution in [0.25, 0.3) is 0 Å². The van der Waals surface area contributed by atoms with Crippen molar-refractivity contribution in [3.8, 4) is 5.88 Å². The number of hydrogen-bond acceptors (Lipinski definition) is 8. The van der Waals surface area contributed by atoms with Crippen molar-refractivity contribution in [3.63, 3.8) is 0 Å². The van der Waals surface area contributed by atoms with Crippen LogP contribution in [-0.2, 0) is 20.3 Å². The van der Waals surface area contributed by atoms with E-state index in [0.29, 0.717) is 0 Å². The summed E-state index contributed by atoms with van der Waals surface area (Å²) in [6.45, 7) is 1.41. The third kappa shape index (κ3) is 3.33. The molecule has 2 fully saturated rings. The first kappa shape index (κ1) is 21.9. The number of carbonyl (C=O) groups is 1. The predicted octanol–water partition coefficient (Wildman–Crippen LogP) is 0.659. The normalized spacial score (nSPS) is 26.2. The van der Waals surface area contributed by atoms with Gasteiger partial charge in [-0.05, 0) is 25.1 Å². The number of fused-ring (bicyclic) bond motifs is 1. The molecule has 1 aromatic heterocycles. The van der Waals surface area contributed by atoms with Crippen LogP contribution >= 0.6 is 0 Å². The standard InChI is InChI=1S/C19H21FN6O5S/c1-10-16-19(9-31-10,25-18(21)26(2)32(16,28)29)12-6-11(4-5-13(12)20)24-17(27)14-7-23-15(30-3)8-22-14/h4-8,10,16H,9H2,1-3H3,(H2,21,25)(H,24,27)/t10-,16+,19+/m0/s1. The molecule has 2 aliphatic heterocycles. The number of aromatic nitrogens is 2. The van der Waals surface area contributed by atoms with Crippen LogP contribution in [0.5, 0.6) is 5.88 Å². The van der Waals surface area contributed by atoms with Gasteiger partial charge < -0.3 is 20.1 Å². The molecule has 0 spiro atoms. The number of methoxy groups -OCH3 is 1. The molecule has 11 nitrogen and oxygen atoms in total. The maximum absolute atomic E-state index is 15.0. The Bertz CT molecular complexity index is 1190. The monoisotopic (exact) mass is 464 g/mol. The van der Waals surface area contributed by atoms with E-state index in [9.17, 15) is 13.2 Å². The van der Waals surface area contributed by atoms with Crippen molar-refractivity contribution < 1.29 is 27.1 Å². The number of carbonyl (C=O) groups excluding carboxylic acids is 1. The fourth-order valence-electron chi connectivity index (χ4n) is 4.00. The molecule has 3 heterocycles. The average molecular weight is 464 g/mol. The maximum Gasteiger partial charge on any atom is 0.275 e. The summed E-state index contributed by atoms with van der Waals surface area (Å²) in [5.41, 5.74) is -1.35. The second kappa shape index (κ2) is 7.67. The highest BCUT2D eigenvalue weighted by atomic mass is 32.2. The SMILES string of the molecule is COc1cnc(C(=O)Nc2ccc(F)c([C@]34CO[C@@H](C)[C@H]3S(=O)(=O)N(C)C(=N)N4)c2)cn1. The summed E-state index contributed by atoms with van der Waals surface area (Å²) in [6, 6.07) is 3.79. The van der Waals surface area contributed by atoms with Crippen LogP contribution < -0.4 is 15.4 Å². The Morgan fingerprint density at radius 1 is 1.41 bits per heavy atom.